The zero-order valence-electron chi connectivity index (χ0n) is 18.1. The molecule has 0 aliphatic carbocycles. The van der Waals surface area contributed by atoms with Crippen molar-refractivity contribution in [2.24, 2.45) is 4.99 Å². The summed E-state index contributed by atoms with van der Waals surface area (Å²) in [5.74, 6) is 0.336. The Morgan fingerprint density at radius 1 is 1.32 bits per heavy atom. The third kappa shape index (κ3) is 5.12. The molecule has 0 amide bonds. The fourth-order valence-electron chi connectivity index (χ4n) is 3.36. The highest BCUT2D eigenvalue weighted by Gasteiger charge is 2.16. The van der Waals surface area contributed by atoms with Crippen molar-refractivity contribution in [2.45, 2.75) is 53.0 Å². The van der Waals surface area contributed by atoms with E-state index < -0.39 is 0 Å². The maximum Gasteiger partial charge on any atom is 0.138 e. The Morgan fingerprint density at radius 2 is 2.04 bits per heavy atom. The summed E-state index contributed by atoms with van der Waals surface area (Å²) in [6.07, 6.45) is 5.21. The highest BCUT2D eigenvalue weighted by molar-refractivity contribution is 6.34. The molecule has 1 atom stereocenters. The molecule has 0 radical (unpaired) electrons. The summed E-state index contributed by atoms with van der Waals surface area (Å²) in [5.41, 5.74) is 6.25. The summed E-state index contributed by atoms with van der Waals surface area (Å²) in [4.78, 5) is 9.14. The number of pyridine rings is 1. The molecular weight excluding hydrogens is 370 g/mol. The Balaban J connectivity index is 2.49. The summed E-state index contributed by atoms with van der Waals surface area (Å²) >= 11 is 6.54. The number of ether oxygens (including phenoxy) is 1. The van der Waals surface area contributed by atoms with Gasteiger partial charge in [-0.3, -0.25) is 4.99 Å². The molecule has 0 unspecified atom stereocenters. The quantitative estimate of drug-likeness (QED) is 0.396. The number of aromatic nitrogens is 2. The minimum Gasteiger partial charge on any atom is -0.383 e. The predicted molar refractivity (Wildman–Crippen MR) is 120 cm³/mol. The molecule has 0 saturated heterocycles. The van der Waals surface area contributed by atoms with Gasteiger partial charge in [0.15, 0.2) is 0 Å². The van der Waals surface area contributed by atoms with E-state index in [1.165, 1.54) is 5.56 Å². The van der Waals surface area contributed by atoms with Crippen molar-refractivity contribution in [1.29, 1.82) is 0 Å². The van der Waals surface area contributed by atoms with Crippen LogP contribution in [-0.4, -0.2) is 36.0 Å². The second-order valence-corrected chi connectivity index (χ2v) is 7.84. The van der Waals surface area contributed by atoms with Crippen molar-refractivity contribution in [3.8, 4) is 0 Å². The molecule has 2 aromatic rings. The lowest BCUT2D eigenvalue weighted by molar-refractivity contribution is 0.162. The van der Waals surface area contributed by atoms with Gasteiger partial charge in [-0.1, -0.05) is 32.4 Å². The van der Waals surface area contributed by atoms with E-state index in [2.05, 4.69) is 67.5 Å². The summed E-state index contributed by atoms with van der Waals surface area (Å²) in [5, 5.41) is 0.505. The van der Waals surface area contributed by atoms with E-state index in [1.807, 2.05) is 19.2 Å². The van der Waals surface area contributed by atoms with Crippen LogP contribution in [0.4, 0.5) is 0 Å². The van der Waals surface area contributed by atoms with Crippen LogP contribution in [0.25, 0.3) is 6.08 Å². The van der Waals surface area contributed by atoms with Gasteiger partial charge in [-0.15, -0.1) is 0 Å². The molecule has 0 aliphatic heterocycles. The van der Waals surface area contributed by atoms with Crippen molar-refractivity contribution in [2.75, 3.05) is 20.8 Å². The van der Waals surface area contributed by atoms with E-state index in [4.69, 9.17) is 16.3 Å². The van der Waals surface area contributed by atoms with Gasteiger partial charge in [-0.2, -0.15) is 0 Å². The standard InChI is InChI=1S/C23H32ClN3O/c1-8-18(12-19-11-16(4)13-27(19)17(5)14-28-7)22(25-6)20-9-10-21(15(2)3)26-23(20)24/h9-13,15,17H,8,14H2,1-7H3/b18-12-,25-22?/t17-/m0/s1. The minimum absolute atomic E-state index is 0.251. The predicted octanol–water partition coefficient (Wildman–Crippen LogP) is 6.09. The average molecular weight is 402 g/mol. The minimum atomic E-state index is 0.251. The SMILES string of the molecule is CC/C(=C/c1cc(C)cn1[C@@H](C)COC)C(=NC)c1ccc(C(C)C)nc1Cl. The van der Waals surface area contributed by atoms with Gasteiger partial charge in [0.1, 0.15) is 5.15 Å². The van der Waals surface area contributed by atoms with Crippen molar-refractivity contribution in [3.05, 3.63) is 57.6 Å². The molecule has 2 heterocycles. The monoisotopic (exact) mass is 401 g/mol. The summed E-state index contributed by atoms with van der Waals surface area (Å²) in [6, 6.07) is 6.52. The molecule has 0 aliphatic rings. The molecule has 0 saturated carbocycles. The molecule has 0 bridgehead atoms. The van der Waals surface area contributed by atoms with Crippen LogP contribution in [0.3, 0.4) is 0 Å². The number of nitrogens with zero attached hydrogens (tertiary/aromatic N) is 3. The van der Waals surface area contributed by atoms with Crippen molar-refractivity contribution < 1.29 is 4.74 Å². The van der Waals surface area contributed by atoms with Gasteiger partial charge >= 0.3 is 0 Å². The molecular formula is C23H32ClN3O. The van der Waals surface area contributed by atoms with Gasteiger partial charge in [-0.05, 0) is 61.6 Å². The van der Waals surface area contributed by atoms with Gasteiger partial charge in [0.2, 0.25) is 0 Å². The van der Waals surface area contributed by atoms with Gasteiger partial charge in [-0.25, -0.2) is 4.98 Å². The lowest BCUT2D eigenvalue weighted by Crippen LogP contribution is -2.12. The van der Waals surface area contributed by atoms with Gasteiger partial charge in [0.05, 0.1) is 18.4 Å². The smallest absolute Gasteiger partial charge is 0.138 e. The number of aryl methyl sites for hydroxylation is 1. The van der Waals surface area contributed by atoms with E-state index in [0.717, 1.165) is 34.7 Å². The highest BCUT2D eigenvalue weighted by Crippen LogP contribution is 2.25. The van der Waals surface area contributed by atoms with Crippen molar-refractivity contribution >= 4 is 23.4 Å². The number of methoxy groups -OCH3 is 1. The number of hydrogen-bond donors (Lipinski definition) is 0. The van der Waals surface area contributed by atoms with Gasteiger partial charge < -0.3 is 9.30 Å². The molecule has 4 nitrogen and oxygen atoms in total. The van der Waals surface area contributed by atoms with Gasteiger partial charge in [0, 0.05) is 37.3 Å². The van der Waals surface area contributed by atoms with Crippen LogP contribution in [0, 0.1) is 6.92 Å². The maximum atomic E-state index is 6.54. The van der Waals surface area contributed by atoms with Crippen LogP contribution in [0.2, 0.25) is 5.15 Å². The molecule has 0 spiro atoms. The third-order valence-electron chi connectivity index (χ3n) is 4.85. The normalized spacial score (nSPS) is 14.0. The molecule has 0 aromatic carbocycles. The van der Waals surface area contributed by atoms with Crippen LogP contribution in [-0.2, 0) is 4.74 Å². The zero-order chi connectivity index (χ0) is 20.8. The molecule has 0 N–H and O–H groups in total. The van der Waals surface area contributed by atoms with E-state index in [-0.39, 0.29) is 6.04 Å². The molecule has 2 aromatic heterocycles. The number of halogens is 1. The highest BCUT2D eigenvalue weighted by atomic mass is 35.5. The second kappa shape index (κ2) is 10.0. The molecule has 0 fully saturated rings. The molecule has 152 valence electrons. The maximum absolute atomic E-state index is 6.54. The molecule has 5 heteroatoms. The van der Waals surface area contributed by atoms with Crippen LogP contribution < -0.4 is 0 Å². The Bertz CT molecular complexity index is 865. The second-order valence-electron chi connectivity index (χ2n) is 7.48. The Labute approximate surface area is 174 Å². The zero-order valence-corrected chi connectivity index (χ0v) is 18.8. The van der Waals surface area contributed by atoms with Crippen LogP contribution in [0.1, 0.15) is 68.6 Å². The number of aliphatic imine (C=N–C) groups is 1. The molecule has 28 heavy (non-hydrogen) atoms. The van der Waals surface area contributed by atoms with Crippen LogP contribution in [0.15, 0.2) is 35.0 Å². The topological polar surface area (TPSA) is 39.4 Å². The largest absolute Gasteiger partial charge is 0.383 e. The van der Waals surface area contributed by atoms with Crippen LogP contribution >= 0.6 is 11.6 Å². The molecule has 2 rings (SSSR count). The van der Waals surface area contributed by atoms with Crippen molar-refractivity contribution in [1.82, 2.24) is 9.55 Å². The first-order valence-electron chi connectivity index (χ1n) is 9.84. The van der Waals surface area contributed by atoms with Crippen molar-refractivity contribution in [3.63, 3.8) is 0 Å². The number of allylic oxidation sites excluding steroid dienone is 1. The van der Waals surface area contributed by atoms with E-state index in [1.54, 1.807) is 7.11 Å². The average Bonchev–Trinajstić information content (AvgIpc) is 3.02. The summed E-state index contributed by atoms with van der Waals surface area (Å²) in [6.45, 7) is 11.3. The first kappa shape index (κ1) is 22.4. The summed E-state index contributed by atoms with van der Waals surface area (Å²) in [7, 11) is 3.54. The van der Waals surface area contributed by atoms with E-state index >= 15 is 0 Å². The third-order valence-corrected chi connectivity index (χ3v) is 5.13. The Hall–Kier alpha value is -1.91. The lowest BCUT2D eigenvalue weighted by atomic mass is 9.99. The fourth-order valence-corrected chi connectivity index (χ4v) is 3.61. The van der Waals surface area contributed by atoms with E-state index in [0.29, 0.717) is 17.7 Å². The lowest BCUT2D eigenvalue weighted by Gasteiger charge is -2.17. The fraction of sp³-hybridized carbons (Fsp3) is 0.478. The van der Waals surface area contributed by atoms with Gasteiger partial charge in [0.25, 0.3) is 0 Å². The Morgan fingerprint density at radius 3 is 2.57 bits per heavy atom. The number of hydrogen-bond acceptors (Lipinski definition) is 3. The van der Waals surface area contributed by atoms with Crippen LogP contribution in [0.5, 0.6) is 0 Å². The van der Waals surface area contributed by atoms with E-state index in [9.17, 15) is 0 Å². The first-order chi connectivity index (χ1) is 13.3. The number of rotatable bonds is 8. The first-order valence-corrected chi connectivity index (χ1v) is 10.2. The summed E-state index contributed by atoms with van der Waals surface area (Å²) < 4.78 is 7.60. The Kier molecular flexibility index (Phi) is 8.02.